The van der Waals surface area contributed by atoms with Crippen LogP contribution >= 0.6 is 0 Å². The van der Waals surface area contributed by atoms with E-state index in [1.807, 2.05) is 12.1 Å². The first-order chi connectivity index (χ1) is 9.79. The van der Waals surface area contributed by atoms with Gasteiger partial charge in [0.25, 0.3) is 0 Å². The molecule has 0 radical (unpaired) electrons. The van der Waals surface area contributed by atoms with Crippen molar-refractivity contribution in [2.45, 2.75) is 12.8 Å². The highest BCUT2D eigenvalue weighted by atomic mass is 16.4. The molecule has 0 aliphatic carbocycles. The van der Waals surface area contributed by atoms with Gasteiger partial charge in [-0.05, 0) is 37.1 Å². The van der Waals surface area contributed by atoms with Crippen molar-refractivity contribution in [3.05, 3.63) is 48.0 Å². The molecule has 6 nitrogen and oxygen atoms in total. The molecule has 0 unspecified atom stereocenters. The van der Waals surface area contributed by atoms with Gasteiger partial charge < -0.3 is 15.6 Å². The minimum atomic E-state index is 0.00135. The molecule has 0 atom stereocenters. The molecule has 0 fully saturated rings. The van der Waals surface area contributed by atoms with Crippen LogP contribution in [-0.2, 0) is 6.42 Å². The third kappa shape index (κ3) is 3.94. The van der Waals surface area contributed by atoms with Gasteiger partial charge in [0.1, 0.15) is 11.4 Å². The van der Waals surface area contributed by atoms with Gasteiger partial charge in [0.2, 0.25) is 0 Å². The maximum Gasteiger partial charge on any atom is 0.142 e. The summed E-state index contributed by atoms with van der Waals surface area (Å²) in [5, 5.41) is 24.1. The number of oxime groups is 1. The first-order valence-electron chi connectivity index (χ1n) is 6.30. The highest BCUT2D eigenvalue weighted by Crippen LogP contribution is 2.14. The van der Waals surface area contributed by atoms with E-state index in [9.17, 15) is 5.11 Å². The fourth-order valence-corrected chi connectivity index (χ4v) is 1.77. The van der Waals surface area contributed by atoms with Crippen LogP contribution in [0, 0.1) is 0 Å². The second-order valence-corrected chi connectivity index (χ2v) is 4.22. The maximum atomic E-state index is 9.50. The molecule has 0 aliphatic rings. The molecule has 0 saturated carbocycles. The van der Waals surface area contributed by atoms with Gasteiger partial charge in [0, 0.05) is 30.3 Å². The second-order valence-electron chi connectivity index (χ2n) is 4.22. The molecule has 3 N–H and O–H groups in total. The number of aromatic nitrogens is 2. The van der Waals surface area contributed by atoms with Crippen LogP contribution in [0.3, 0.4) is 0 Å². The molecule has 2 aromatic rings. The van der Waals surface area contributed by atoms with E-state index in [0.717, 1.165) is 37.0 Å². The largest absolute Gasteiger partial charge is 0.506 e. The Labute approximate surface area is 116 Å². The molecule has 20 heavy (non-hydrogen) atoms. The van der Waals surface area contributed by atoms with Crippen molar-refractivity contribution in [2.24, 2.45) is 5.16 Å². The lowest BCUT2D eigenvalue weighted by Gasteiger charge is -2.06. The van der Waals surface area contributed by atoms with E-state index in [0.29, 0.717) is 0 Å². The zero-order valence-electron chi connectivity index (χ0n) is 10.9. The Morgan fingerprint density at radius 3 is 2.75 bits per heavy atom. The zero-order valence-corrected chi connectivity index (χ0v) is 10.9. The second kappa shape index (κ2) is 7.08. The molecule has 0 saturated heterocycles. The quantitative estimate of drug-likeness (QED) is 0.324. The monoisotopic (exact) mass is 272 g/mol. The van der Waals surface area contributed by atoms with Crippen molar-refractivity contribution in [2.75, 3.05) is 11.9 Å². The average molecular weight is 272 g/mol. The molecule has 2 aromatic heterocycles. The Hall–Kier alpha value is -2.63. The smallest absolute Gasteiger partial charge is 0.142 e. The topological polar surface area (TPSA) is 90.6 Å². The van der Waals surface area contributed by atoms with Crippen molar-refractivity contribution in [1.29, 1.82) is 0 Å². The van der Waals surface area contributed by atoms with Gasteiger partial charge in [0.15, 0.2) is 0 Å². The number of aryl methyl sites for hydroxylation is 1. The summed E-state index contributed by atoms with van der Waals surface area (Å²) in [5.41, 5.74) is 2.15. The van der Waals surface area contributed by atoms with Crippen molar-refractivity contribution in [1.82, 2.24) is 9.97 Å². The van der Waals surface area contributed by atoms with Crippen LogP contribution in [-0.4, -0.2) is 33.0 Å². The number of anilines is 1. The lowest BCUT2D eigenvalue weighted by atomic mass is 10.2. The minimum Gasteiger partial charge on any atom is -0.506 e. The van der Waals surface area contributed by atoms with Gasteiger partial charge in [-0.1, -0.05) is 5.16 Å². The standard InChI is InChI=1S/C14H16N4O2/c19-14-4-3-12(18-13(14)10-17-20)2-1-7-16-11-5-8-15-9-6-11/h3-6,8-10,19-20H,1-2,7H2,(H,15,16)/b17-10-. The van der Waals surface area contributed by atoms with E-state index in [1.54, 1.807) is 24.5 Å². The summed E-state index contributed by atoms with van der Waals surface area (Å²) in [6.07, 6.45) is 6.27. The molecule has 0 bridgehead atoms. The van der Waals surface area contributed by atoms with Crippen LogP contribution < -0.4 is 5.32 Å². The lowest BCUT2D eigenvalue weighted by Crippen LogP contribution is -2.04. The predicted octanol–water partition coefficient (Wildman–Crippen LogP) is 2.03. The summed E-state index contributed by atoms with van der Waals surface area (Å²) in [7, 11) is 0. The molecule has 0 spiro atoms. The number of aromatic hydroxyl groups is 1. The number of pyridine rings is 2. The molecular weight excluding hydrogens is 256 g/mol. The summed E-state index contributed by atoms with van der Waals surface area (Å²) in [6.45, 7) is 0.815. The van der Waals surface area contributed by atoms with Crippen LogP contribution in [0.2, 0.25) is 0 Å². The predicted molar refractivity (Wildman–Crippen MR) is 76.3 cm³/mol. The Morgan fingerprint density at radius 2 is 2.00 bits per heavy atom. The number of hydrogen-bond acceptors (Lipinski definition) is 6. The van der Waals surface area contributed by atoms with Gasteiger partial charge in [-0.15, -0.1) is 0 Å². The van der Waals surface area contributed by atoms with Crippen LogP contribution in [0.25, 0.3) is 0 Å². The minimum absolute atomic E-state index is 0.00135. The van der Waals surface area contributed by atoms with Crippen LogP contribution in [0.4, 0.5) is 5.69 Å². The van der Waals surface area contributed by atoms with E-state index >= 15 is 0 Å². The summed E-state index contributed by atoms with van der Waals surface area (Å²) >= 11 is 0. The SMILES string of the molecule is O/N=C\c1nc(CCCNc2ccncc2)ccc1O. The van der Waals surface area contributed by atoms with Crippen molar-refractivity contribution in [3.63, 3.8) is 0 Å². The summed E-state index contributed by atoms with van der Waals surface area (Å²) in [5.74, 6) is 0.00135. The van der Waals surface area contributed by atoms with Crippen LogP contribution in [0.1, 0.15) is 17.8 Å². The summed E-state index contributed by atoms with van der Waals surface area (Å²) in [6, 6.07) is 7.13. The lowest BCUT2D eigenvalue weighted by molar-refractivity contribution is 0.321. The first kappa shape index (κ1) is 13.8. The fraction of sp³-hybridized carbons (Fsp3) is 0.214. The molecule has 0 amide bonds. The third-order valence-electron chi connectivity index (χ3n) is 2.76. The molecular formula is C14H16N4O2. The highest BCUT2D eigenvalue weighted by Gasteiger charge is 2.02. The summed E-state index contributed by atoms with van der Waals surface area (Å²) < 4.78 is 0. The van der Waals surface area contributed by atoms with Gasteiger partial charge in [-0.25, -0.2) is 4.98 Å². The Bertz CT molecular complexity index is 573. The average Bonchev–Trinajstić information content (AvgIpc) is 2.48. The number of nitrogens with one attached hydrogen (secondary N) is 1. The maximum absolute atomic E-state index is 9.50. The van der Waals surface area contributed by atoms with Gasteiger partial charge >= 0.3 is 0 Å². The van der Waals surface area contributed by atoms with Gasteiger partial charge in [-0.2, -0.15) is 0 Å². The van der Waals surface area contributed by atoms with E-state index in [-0.39, 0.29) is 11.4 Å². The Balaban J connectivity index is 1.84. The third-order valence-corrected chi connectivity index (χ3v) is 2.76. The molecule has 0 aliphatic heterocycles. The van der Waals surface area contributed by atoms with Crippen LogP contribution in [0.5, 0.6) is 5.75 Å². The van der Waals surface area contributed by atoms with Crippen molar-refractivity contribution >= 4 is 11.9 Å². The number of hydrogen-bond donors (Lipinski definition) is 3. The molecule has 104 valence electrons. The molecule has 6 heteroatoms. The van der Waals surface area contributed by atoms with E-state index in [4.69, 9.17) is 5.21 Å². The van der Waals surface area contributed by atoms with E-state index in [2.05, 4.69) is 20.4 Å². The normalized spacial score (nSPS) is 10.8. The zero-order chi connectivity index (χ0) is 14.2. The molecule has 2 rings (SSSR count). The molecule has 0 aromatic carbocycles. The number of nitrogens with zero attached hydrogens (tertiary/aromatic N) is 3. The first-order valence-corrected chi connectivity index (χ1v) is 6.30. The highest BCUT2D eigenvalue weighted by molar-refractivity contribution is 5.80. The molecule has 2 heterocycles. The van der Waals surface area contributed by atoms with Gasteiger partial charge in [0.05, 0.1) is 6.21 Å². The van der Waals surface area contributed by atoms with E-state index in [1.165, 1.54) is 0 Å². The van der Waals surface area contributed by atoms with Crippen molar-refractivity contribution in [3.8, 4) is 5.75 Å². The Kier molecular flexibility index (Phi) is 4.88. The van der Waals surface area contributed by atoms with E-state index < -0.39 is 0 Å². The fourth-order valence-electron chi connectivity index (χ4n) is 1.77. The van der Waals surface area contributed by atoms with Crippen LogP contribution in [0.15, 0.2) is 41.8 Å². The van der Waals surface area contributed by atoms with Crippen molar-refractivity contribution < 1.29 is 10.3 Å². The van der Waals surface area contributed by atoms with Gasteiger partial charge in [-0.3, -0.25) is 4.98 Å². The summed E-state index contributed by atoms with van der Waals surface area (Å²) in [4.78, 5) is 8.16. The Morgan fingerprint density at radius 1 is 1.20 bits per heavy atom. The number of rotatable bonds is 6.